The summed E-state index contributed by atoms with van der Waals surface area (Å²) < 4.78 is 0. The Hall–Kier alpha value is 0.630. The minimum Gasteiger partial charge on any atom is -0.369 e. The van der Waals surface area contributed by atoms with E-state index in [4.69, 9.17) is 5.73 Å². The molecule has 0 aromatic heterocycles. The summed E-state index contributed by atoms with van der Waals surface area (Å²) >= 11 is 0. The quantitative estimate of drug-likeness (QED) is 0.0864. The van der Waals surface area contributed by atoms with Crippen LogP contribution in [0.2, 0.25) is 0 Å². The zero-order chi connectivity index (χ0) is 25.2. The Bertz CT molecular complexity index is 410. The molecule has 38 heavy (non-hydrogen) atoms. The molecule has 0 saturated carbocycles. The van der Waals surface area contributed by atoms with Gasteiger partial charge in [-0.2, -0.15) is 0 Å². The van der Waals surface area contributed by atoms with Gasteiger partial charge >= 0.3 is 0 Å². The largest absolute Gasteiger partial charge is 0.369 e. The Morgan fingerprint density at radius 2 is 0.632 bits per heavy atom. The highest BCUT2D eigenvalue weighted by Crippen LogP contribution is 2.35. The minimum absolute atomic E-state index is 0. The van der Waals surface area contributed by atoms with E-state index in [0.29, 0.717) is 0 Å². The second-order valence-corrected chi connectivity index (χ2v) is 11.3. The highest BCUT2D eigenvalue weighted by Gasteiger charge is 2.33. The van der Waals surface area contributed by atoms with Crippen molar-refractivity contribution in [3.05, 3.63) is 0 Å². The maximum atomic E-state index is 12.3. The monoisotopic (exact) mass is 623 g/mol. The summed E-state index contributed by atoms with van der Waals surface area (Å²) in [5.41, 5.74) is 5.68. The highest BCUT2D eigenvalue weighted by atomic mass is 35.5. The van der Waals surface area contributed by atoms with Crippen LogP contribution < -0.4 is 5.73 Å². The van der Waals surface area contributed by atoms with Crippen LogP contribution in [-0.4, -0.2) is 5.91 Å². The van der Waals surface area contributed by atoms with Gasteiger partial charge in [0.25, 0.3) is 0 Å². The van der Waals surface area contributed by atoms with Crippen molar-refractivity contribution in [3.8, 4) is 0 Å². The fraction of sp³-hybridized carbons (Fsp3) is 0.969. The van der Waals surface area contributed by atoms with E-state index in [9.17, 15) is 4.79 Å². The number of nitrogens with two attached hydrogens (primary N) is 1. The molecule has 2 nitrogen and oxygen atoms in total. The Morgan fingerprint density at radius 3 is 0.816 bits per heavy atom. The topological polar surface area (TPSA) is 43.1 Å². The SMILES string of the molecule is CCCCCCCCCCCCCCC(CC)(CCCCCCCCCCCCCC)C(N)=O.Cl.Cl.Cl.Cl. The van der Waals surface area contributed by atoms with Crippen LogP contribution in [0.4, 0.5) is 0 Å². The Labute approximate surface area is 264 Å². The van der Waals surface area contributed by atoms with Gasteiger partial charge in [0.15, 0.2) is 0 Å². The van der Waals surface area contributed by atoms with Crippen LogP contribution in [0.3, 0.4) is 0 Å². The molecule has 0 bridgehead atoms. The average Bonchev–Trinajstić information content (AvgIpc) is 2.84. The number of carbonyl (C=O) groups excluding carboxylic acids is 1. The number of amides is 1. The normalized spacial score (nSPS) is 10.6. The molecule has 0 spiro atoms. The molecule has 0 fully saturated rings. The van der Waals surface area contributed by atoms with Gasteiger partial charge in [0.1, 0.15) is 0 Å². The first-order chi connectivity index (χ1) is 16.6. The number of carbonyl (C=O) groups is 1. The van der Waals surface area contributed by atoms with Gasteiger partial charge < -0.3 is 5.73 Å². The van der Waals surface area contributed by atoms with Crippen molar-refractivity contribution in [1.29, 1.82) is 0 Å². The van der Waals surface area contributed by atoms with Crippen molar-refractivity contribution >= 4 is 55.5 Å². The van der Waals surface area contributed by atoms with E-state index in [-0.39, 0.29) is 61.0 Å². The first-order valence-electron chi connectivity index (χ1n) is 15.9. The van der Waals surface area contributed by atoms with E-state index in [1.165, 1.54) is 154 Å². The Kier molecular flexibility index (Phi) is 47.9. The lowest BCUT2D eigenvalue weighted by Gasteiger charge is -2.29. The minimum atomic E-state index is -0.239. The molecular weight excluding hydrogens is 556 g/mol. The number of halogens is 4. The molecular formula is C32H69Cl4NO. The van der Waals surface area contributed by atoms with Crippen LogP contribution in [0.1, 0.15) is 194 Å². The smallest absolute Gasteiger partial charge is 0.223 e. The van der Waals surface area contributed by atoms with Gasteiger partial charge in [0, 0.05) is 5.41 Å². The van der Waals surface area contributed by atoms with E-state index >= 15 is 0 Å². The first kappa shape index (κ1) is 48.4. The average molecular weight is 626 g/mol. The van der Waals surface area contributed by atoms with Gasteiger partial charge in [-0.15, -0.1) is 49.6 Å². The number of rotatable bonds is 28. The maximum absolute atomic E-state index is 12.3. The molecule has 236 valence electrons. The summed E-state index contributed by atoms with van der Waals surface area (Å²) in [4.78, 5) is 12.3. The second-order valence-electron chi connectivity index (χ2n) is 11.3. The van der Waals surface area contributed by atoms with Crippen LogP contribution in [0.5, 0.6) is 0 Å². The lowest BCUT2D eigenvalue weighted by Crippen LogP contribution is -2.36. The zero-order valence-electron chi connectivity index (χ0n) is 25.7. The standard InChI is InChI=1S/C32H65NO.4ClH/c1-4-7-9-11-13-15-17-19-21-23-25-27-29-32(6-3,31(33)34)30-28-26-24-22-20-18-16-14-12-10-8-5-2;;;;/h4-30H2,1-3H3,(H2,33,34);4*1H. The molecule has 0 aromatic carbocycles. The molecule has 0 aliphatic heterocycles. The second kappa shape index (κ2) is 37.6. The van der Waals surface area contributed by atoms with E-state index in [2.05, 4.69) is 20.8 Å². The van der Waals surface area contributed by atoms with Crippen molar-refractivity contribution < 1.29 is 4.79 Å². The number of unbranched alkanes of at least 4 members (excludes halogenated alkanes) is 22. The summed E-state index contributed by atoms with van der Waals surface area (Å²) in [6.07, 6.45) is 35.7. The summed E-state index contributed by atoms with van der Waals surface area (Å²) in [6.45, 7) is 6.74. The van der Waals surface area contributed by atoms with Crippen LogP contribution in [0.15, 0.2) is 0 Å². The molecule has 0 unspecified atom stereocenters. The van der Waals surface area contributed by atoms with Gasteiger partial charge in [-0.05, 0) is 19.3 Å². The lowest BCUT2D eigenvalue weighted by atomic mass is 9.75. The predicted octanol–water partition coefficient (Wildman–Crippen LogP) is 12.7. The third-order valence-corrected chi connectivity index (χ3v) is 8.22. The van der Waals surface area contributed by atoms with E-state index in [1.54, 1.807) is 0 Å². The molecule has 1 amide bonds. The van der Waals surface area contributed by atoms with Gasteiger partial charge in [-0.25, -0.2) is 0 Å². The number of primary amides is 1. The first-order valence-corrected chi connectivity index (χ1v) is 15.9. The molecule has 0 aromatic rings. The molecule has 0 heterocycles. The molecule has 0 radical (unpaired) electrons. The van der Waals surface area contributed by atoms with Crippen molar-refractivity contribution in [1.82, 2.24) is 0 Å². The molecule has 0 aliphatic carbocycles. The van der Waals surface area contributed by atoms with E-state index < -0.39 is 0 Å². The maximum Gasteiger partial charge on any atom is 0.223 e. The summed E-state index contributed by atoms with van der Waals surface area (Å²) in [5.74, 6) is -0.0406. The van der Waals surface area contributed by atoms with Crippen LogP contribution >= 0.6 is 49.6 Å². The predicted molar refractivity (Wildman–Crippen MR) is 182 cm³/mol. The van der Waals surface area contributed by atoms with E-state index in [1.807, 2.05) is 0 Å². The highest BCUT2D eigenvalue weighted by molar-refractivity contribution is 5.86. The van der Waals surface area contributed by atoms with Gasteiger partial charge in [-0.1, -0.05) is 175 Å². The fourth-order valence-electron chi connectivity index (χ4n) is 5.51. The van der Waals surface area contributed by atoms with Crippen molar-refractivity contribution in [2.75, 3.05) is 0 Å². The molecule has 6 heteroatoms. The molecule has 0 aliphatic rings. The summed E-state index contributed by atoms with van der Waals surface area (Å²) in [6, 6.07) is 0. The zero-order valence-corrected chi connectivity index (χ0v) is 29.0. The Balaban J connectivity index is -0.000000907. The third kappa shape index (κ3) is 29.6. The van der Waals surface area contributed by atoms with Crippen molar-refractivity contribution in [3.63, 3.8) is 0 Å². The van der Waals surface area contributed by atoms with Gasteiger partial charge in [-0.3, -0.25) is 4.79 Å². The van der Waals surface area contributed by atoms with Crippen LogP contribution in [0.25, 0.3) is 0 Å². The third-order valence-electron chi connectivity index (χ3n) is 8.22. The van der Waals surface area contributed by atoms with Crippen molar-refractivity contribution in [2.45, 2.75) is 194 Å². The number of hydrogen-bond acceptors (Lipinski definition) is 1. The number of hydrogen-bond donors (Lipinski definition) is 1. The summed E-state index contributed by atoms with van der Waals surface area (Å²) in [5, 5.41) is 0. The van der Waals surface area contributed by atoms with Crippen LogP contribution in [-0.2, 0) is 4.79 Å². The van der Waals surface area contributed by atoms with Crippen LogP contribution in [0, 0.1) is 5.41 Å². The Morgan fingerprint density at radius 1 is 0.421 bits per heavy atom. The molecule has 0 rings (SSSR count). The van der Waals surface area contributed by atoms with Gasteiger partial charge in [0.2, 0.25) is 5.91 Å². The molecule has 0 atom stereocenters. The molecule has 2 N–H and O–H groups in total. The van der Waals surface area contributed by atoms with Crippen molar-refractivity contribution in [2.24, 2.45) is 11.1 Å². The lowest BCUT2D eigenvalue weighted by molar-refractivity contribution is -0.129. The molecule has 0 saturated heterocycles. The fourth-order valence-corrected chi connectivity index (χ4v) is 5.51. The van der Waals surface area contributed by atoms with Gasteiger partial charge in [0.05, 0.1) is 0 Å². The summed E-state index contributed by atoms with van der Waals surface area (Å²) in [7, 11) is 0. The van der Waals surface area contributed by atoms with E-state index in [0.717, 1.165) is 19.3 Å².